The molecule has 3 fully saturated rings. The van der Waals surface area contributed by atoms with Gasteiger partial charge in [0.1, 0.15) is 0 Å². The van der Waals surface area contributed by atoms with E-state index in [1.807, 2.05) is 0 Å². The zero-order valence-corrected chi connectivity index (χ0v) is 19.4. The van der Waals surface area contributed by atoms with Crippen LogP contribution < -0.4 is 0 Å². The molecule has 1 nitrogen and oxygen atoms in total. The third-order valence-corrected chi connectivity index (χ3v) is 9.61. The maximum Gasteiger partial charge on any atom is 0.0459 e. The predicted octanol–water partition coefficient (Wildman–Crippen LogP) is 7.86. The Kier molecular flexibility index (Phi) is 9.20. The van der Waals surface area contributed by atoms with Crippen molar-refractivity contribution in [1.29, 1.82) is 0 Å². The van der Waals surface area contributed by atoms with Crippen molar-refractivity contribution in [2.75, 3.05) is 6.61 Å². The van der Waals surface area contributed by atoms with Gasteiger partial charge in [0.2, 0.25) is 0 Å². The lowest BCUT2D eigenvalue weighted by atomic mass is 9.58. The van der Waals surface area contributed by atoms with E-state index in [0.717, 1.165) is 41.4 Å². The van der Waals surface area contributed by atoms with Crippen LogP contribution in [0.4, 0.5) is 0 Å². The minimum atomic E-state index is 0.425. The molecule has 1 N–H and O–H groups in total. The fourth-order valence-corrected chi connectivity index (χ4v) is 7.84. The van der Waals surface area contributed by atoms with Gasteiger partial charge in [0.15, 0.2) is 0 Å². The maximum atomic E-state index is 9.63. The standard InChI is InChI=1S/C27H50O/c1-4-7-8-20-9-12-24(13-10-20)26-16-14-25(18-23(26)6-3)27-15-11-21(19-28)17-22(27)5-2/h20-28H,4-19H2,1-3H3. The molecule has 6 unspecified atom stereocenters. The highest BCUT2D eigenvalue weighted by atomic mass is 16.3. The van der Waals surface area contributed by atoms with E-state index >= 15 is 0 Å². The van der Waals surface area contributed by atoms with Gasteiger partial charge in [0, 0.05) is 6.61 Å². The molecular formula is C27H50O. The lowest BCUT2D eigenvalue weighted by Gasteiger charge is -2.47. The zero-order valence-electron chi connectivity index (χ0n) is 19.4. The molecule has 0 saturated heterocycles. The first-order valence-corrected chi connectivity index (χ1v) is 13.3. The Hall–Kier alpha value is -0.0400. The van der Waals surface area contributed by atoms with Crippen molar-refractivity contribution in [2.24, 2.45) is 47.3 Å². The fourth-order valence-electron chi connectivity index (χ4n) is 7.84. The van der Waals surface area contributed by atoms with Crippen LogP contribution >= 0.6 is 0 Å². The largest absolute Gasteiger partial charge is 0.396 e. The summed E-state index contributed by atoms with van der Waals surface area (Å²) < 4.78 is 0. The van der Waals surface area contributed by atoms with E-state index in [9.17, 15) is 5.11 Å². The molecule has 6 atom stereocenters. The van der Waals surface area contributed by atoms with Crippen molar-refractivity contribution in [3.8, 4) is 0 Å². The van der Waals surface area contributed by atoms with E-state index in [-0.39, 0.29) is 0 Å². The van der Waals surface area contributed by atoms with Crippen LogP contribution in [0.15, 0.2) is 0 Å². The normalized spacial score (nSPS) is 42.4. The van der Waals surface area contributed by atoms with Crippen LogP contribution in [0.3, 0.4) is 0 Å². The Balaban J connectivity index is 1.52. The van der Waals surface area contributed by atoms with E-state index in [2.05, 4.69) is 20.8 Å². The summed E-state index contributed by atoms with van der Waals surface area (Å²) in [5.41, 5.74) is 0. The Morgan fingerprint density at radius 1 is 0.643 bits per heavy atom. The Bertz CT molecular complexity index is 424. The first kappa shape index (κ1) is 22.6. The van der Waals surface area contributed by atoms with E-state index in [1.54, 1.807) is 12.8 Å². The quantitative estimate of drug-likeness (QED) is 0.447. The van der Waals surface area contributed by atoms with Crippen molar-refractivity contribution < 1.29 is 5.11 Å². The van der Waals surface area contributed by atoms with Crippen LogP contribution in [0.5, 0.6) is 0 Å². The number of unbranched alkanes of at least 4 members (excludes halogenated alkanes) is 1. The molecule has 3 aliphatic carbocycles. The van der Waals surface area contributed by atoms with E-state index in [0.29, 0.717) is 12.5 Å². The average molecular weight is 391 g/mol. The van der Waals surface area contributed by atoms with Crippen molar-refractivity contribution in [3.05, 3.63) is 0 Å². The summed E-state index contributed by atoms with van der Waals surface area (Å²) in [5, 5.41) is 9.63. The summed E-state index contributed by atoms with van der Waals surface area (Å²) in [6, 6.07) is 0. The first-order valence-electron chi connectivity index (χ1n) is 13.3. The molecule has 0 heterocycles. The number of aliphatic hydroxyl groups excluding tert-OH is 1. The van der Waals surface area contributed by atoms with Gasteiger partial charge in [-0.05, 0) is 98.7 Å². The molecule has 0 aromatic rings. The molecule has 0 bridgehead atoms. The highest BCUT2D eigenvalue weighted by molar-refractivity contribution is 4.91. The molecule has 0 aromatic heterocycles. The van der Waals surface area contributed by atoms with Crippen molar-refractivity contribution >= 4 is 0 Å². The van der Waals surface area contributed by atoms with Gasteiger partial charge >= 0.3 is 0 Å². The van der Waals surface area contributed by atoms with Gasteiger partial charge in [-0.3, -0.25) is 0 Å². The van der Waals surface area contributed by atoms with Crippen molar-refractivity contribution in [1.82, 2.24) is 0 Å². The van der Waals surface area contributed by atoms with Crippen LogP contribution in [0, 0.1) is 47.3 Å². The molecule has 164 valence electrons. The maximum absolute atomic E-state index is 9.63. The Morgan fingerprint density at radius 2 is 1.21 bits per heavy atom. The van der Waals surface area contributed by atoms with Crippen molar-refractivity contribution in [3.63, 3.8) is 0 Å². The van der Waals surface area contributed by atoms with Crippen LogP contribution in [-0.4, -0.2) is 11.7 Å². The second kappa shape index (κ2) is 11.4. The van der Waals surface area contributed by atoms with Gasteiger partial charge < -0.3 is 5.11 Å². The molecule has 1 heteroatoms. The van der Waals surface area contributed by atoms with Gasteiger partial charge in [-0.15, -0.1) is 0 Å². The minimum absolute atomic E-state index is 0.425. The molecule has 0 aliphatic heterocycles. The fraction of sp³-hybridized carbons (Fsp3) is 1.00. The third kappa shape index (κ3) is 5.55. The number of hydrogen-bond acceptors (Lipinski definition) is 1. The SMILES string of the molecule is CCCCC1CCC(C2CCC(C3CCC(CO)CC3CC)CC2CC)CC1. The van der Waals surface area contributed by atoms with E-state index in [4.69, 9.17) is 0 Å². The minimum Gasteiger partial charge on any atom is -0.396 e. The molecular weight excluding hydrogens is 340 g/mol. The van der Waals surface area contributed by atoms with Gasteiger partial charge in [0.05, 0.1) is 0 Å². The van der Waals surface area contributed by atoms with Crippen LogP contribution in [0.1, 0.15) is 117 Å². The molecule has 3 aliphatic rings. The average Bonchev–Trinajstić information content (AvgIpc) is 2.77. The number of aliphatic hydroxyl groups is 1. The molecule has 0 amide bonds. The van der Waals surface area contributed by atoms with E-state index in [1.165, 1.54) is 83.5 Å². The molecule has 3 rings (SSSR count). The van der Waals surface area contributed by atoms with Gasteiger partial charge in [-0.25, -0.2) is 0 Å². The molecule has 0 spiro atoms. The summed E-state index contributed by atoms with van der Waals surface area (Å²) in [5.74, 6) is 7.60. The number of hydrogen-bond donors (Lipinski definition) is 1. The summed E-state index contributed by atoms with van der Waals surface area (Å²) in [6.45, 7) is 7.65. The third-order valence-electron chi connectivity index (χ3n) is 9.61. The highest BCUT2D eigenvalue weighted by Crippen LogP contribution is 2.51. The van der Waals surface area contributed by atoms with Crippen LogP contribution in [-0.2, 0) is 0 Å². The molecule has 3 saturated carbocycles. The Morgan fingerprint density at radius 3 is 1.86 bits per heavy atom. The highest BCUT2D eigenvalue weighted by Gasteiger charge is 2.41. The zero-order chi connectivity index (χ0) is 19.9. The van der Waals surface area contributed by atoms with Crippen molar-refractivity contribution in [2.45, 2.75) is 117 Å². The summed E-state index contributed by atoms with van der Waals surface area (Å²) in [7, 11) is 0. The van der Waals surface area contributed by atoms with E-state index < -0.39 is 0 Å². The molecule has 28 heavy (non-hydrogen) atoms. The summed E-state index contributed by atoms with van der Waals surface area (Å²) >= 11 is 0. The summed E-state index contributed by atoms with van der Waals surface area (Å²) in [6.07, 6.45) is 21.8. The summed E-state index contributed by atoms with van der Waals surface area (Å²) in [4.78, 5) is 0. The van der Waals surface area contributed by atoms with Gasteiger partial charge in [-0.1, -0.05) is 65.7 Å². The molecule has 0 aromatic carbocycles. The topological polar surface area (TPSA) is 20.2 Å². The van der Waals surface area contributed by atoms with Gasteiger partial charge in [0.25, 0.3) is 0 Å². The second-order valence-electron chi connectivity index (χ2n) is 11.0. The lowest BCUT2D eigenvalue weighted by Crippen LogP contribution is -2.38. The second-order valence-corrected chi connectivity index (χ2v) is 11.0. The smallest absolute Gasteiger partial charge is 0.0459 e. The Labute approximate surface area is 176 Å². The molecule has 0 radical (unpaired) electrons. The van der Waals surface area contributed by atoms with Crippen LogP contribution in [0.25, 0.3) is 0 Å². The predicted molar refractivity (Wildman–Crippen MR) is 121 cm³/mol. The number of rotatable bonds is 8. The monoisotopic (exact) mass is 390 g/mol. The first-order chi connectivity index (χ1) is 13.7. The van der Waals surface area contributed by atoms with Gasteiger partial charge in [-0.2, -0.15) is 0 Å². The lowest BCUT2D eigenvalue weighted by molar-refractivity contribution is 0.0227. The van der Waals surface area contributed by atoms with Crippen LogP contribution in [0.2, 0.25) is 0 Å².